The number of hydrogen-bond acceptors (Lipinski definition) is 3. The van der Waals surface area contributed by atoms with E-state index in [1.165, 1.54) is 6.07 Å². The first kappa shape index (κ1) is 16.5. The van der Waals surface area contributed by atoms with Crippen molar-refractivity contribution >= 4 is 5.97 Å². The van der Waals surface area contributed by atoms with Gasteiger partial charge in [0.1, 0.15) is 17.1 Å². The molecule has 2 rings (SSSR count). The highest BCUT2D eigenvalue weighted by Crippen LogP contribution is 2.25. The second kappa shape index (κ2) is 6.11. The van der Waals surface area contributed by atoms with E-state index in [0.29, 0.717) is 6.07 Å². The van der Waals surface area contributed by atoms with Crippen molar-refractivity contribution in [3.63, 3.8) is 0 Å². The molecule has 0 saturated carbocycles. The van der Waals surface area contributed by atoms with Crippen LogP contribution < -0.4 is 10.3 Å². The Morgan fingerprint density at radius 1 is 1.26 bits per heavy atom. The van der Waals surface area contributed by atoms with Crippen LogP contribution in [0.2, 0.25) is 0 Å². The summed E-state index contributed by atoms with van der Waals surface area (Å²) in [4.78, 5) is 23.0. The first-order valence-electron chi connectivity index (χ1n) is 6.13. The van der Waals surface area contributed by atoms with E-state index in [2.05, 4.69) is 4.74 Å². The number of nitrogens with zero attached hydrogens (tertiary/aromatic N) is 1. The molecule has 23 heavy (non-hydrogen) atoms. The van der Waals surface area contributed by atoms with Crippen molar-refractivity contribution in [3.05, 3.63) is 58.3 Å². The molecule has 9 heteroatoms. The van der Waals surface area contributed by atoms with Gasteiger partial charge in [-0.15, -0.1) is 0 Å². The average Bonchev–Trinajstić information content (AvgIpc) is 2.45. The van der Waals surface area contributed by atoms with Crippen molar-refractivity contribution in [2.24, 2.45) is 0 Å². The molecule has 0 fully saturated rings. The van der Waals surface area contributed by atoms with Gasteiger partial charge >= 0.3 is 12.1 Å². The van der Waals surface area contributed by atoms with E-state index < -0.39 is 41.4 Å². The zero-order chi connectivity index (χ0) is 17.2. The molecule has 1 aromatic heterocycles. The molecule has 0 aliphatic rings. The lowest BCUT2D eigenvalue weighted by molar-refractivity contribution is -0.153. The van der Waals surface area contributed by atoms with Gasteiger partial charge in [-0.25, -0.2) is 9.18 Å². The third kappa shape index (κ3) is 3.87. The van der Waals surface area contributed by atoms with Crippen molar-refractivity contribution in [2.75, 3.05) is 6.61 Å². The molecule has 0 aliphatic carbocycles. The standard InChI is InChI=1S/C14H9F4NO4/c15-8-3-4-10(11(6-8)23-7-14(16,17)18)19-5-1-2-9(12(19)20)13(21)22/h1-6H,7H2,(H,21,22). The first-order chi connectivity index (χ1) is 10.7. The van der Waals surface area contributed by atoms with Crippen molar-refractivity contribution in [1.29, 1.82) is 0 Å². The number of ether oxygens (including phenoxy) is 1. The van der Waals surface area contributed by atoms with Gasteiger partial charge in [-0.1, -0.05) is 0 Å². The van der Waals surface area contributed by atoms with Gasteiger partial charge in [0.15, 0.2) is 6.61 Å². The summed E-state index contributed by atoms with van der Waals surface area (Å²) in [5.74, 6) is -2.90. The van der Waals surface area contributed by atoms with Crippen LogP contribution in [0.25, 0.3) is 5.69 Å². The fraction of sp³-hybridized carbons (Fsp3) is 0.143. The molecule has 122 valence electrons. The summed E-state index contributed by atoms with van der Waals surface area (Å²) in [7, 11) is 0. The molecule has 0 atom stereocenters. The van der Waals surface area contributed by atoms with Crippen LogP contribution in [-0.2, 0) is 0 Å². The van der Waals surface area contributed by atoms with Gasteiger partial charge in [-0.3, -0.25) is 9.36 Å². The van der Waals surface area contributed by atoms with E-state index in [1.807, 2.05) is 0 Å². The van der Waals surface area contributed by atoms with Crippen molar-refractivity contribution in [1.82, 2.24) is 4.57 Å². The molecule has 0 aliphatic heterocycles. The van der Waals surface area contributed by atoms with Gasteiger partial charge in [0.25, 0.3) is 5.56 Å². The van der Waals surface area contributed by atoms with Gasteiger partial charge < -0.3 is 9.84 Å². The third-order valence-corrected chi connectivity index (χ3v) is 2.75. The zero-order valence-electron chi connectivity index (χ0n) is 11.3. The topological polar surface area (TPSA) is 68.5 Å². The number of carbonyl (C=O) groups is 1. The van der Waals surface area contributed by atoms with Crippen LogP contribution in [0.4, 0.5) is 17.6 Å². The Hall–Kier alpha value is -2.84. The van der Waals surface area contributed by atoms with E-state index in [9.17, 15) is 27.2 Å². The summed E-state index contributed by atoms with van der Waals surface area (Å²) < 4.78 is 55.3. The predicted octanol–water partition coefficient (Wildman–Crippen LogP) is 2.62. The highest BCUT2D eigenvalue weighted by atomic mass is 19.4. The molecular formula is C14H9F4NO4. The minimum atomic E-state index is -4.66. The Morgan fingerprint density at radius 2 is 1.96 bits per heavy atom. The van der Waals surface area contributed by atoms with E-state index >= 15 is 0 Å². The predicted molar refractivity (Wildman–Crippen MR) is 70.5 cm³/mol. The lowest BCUT2D eigenvalue weighted by Crippen LogP contribution is -2.25. The molecule has 1 aromatic carbocycles. The summed E-state index contributed by atoms with van der Waals surface area (Å²) >= 11 is 0. The molecule has 1 N–H and O–H groups in total. The quantitative estimate of drug-likeness (QED) is 0.875. The number of aromatic carboxylic acids is 1. The van der Waals surface area contributed by atoms with Gasteiger partial charge in [0, 0.05) is 12.3 Å². The second-order valence-corrected chi connectivity index (χ2v) is 4.42. The van der Waals surface area contributed by atoms with Crippen LogP contribution in [0.1, 0.15) is 10.4 Å². The van der Waals surface area contributed by atoms with Crippen LogP contribution in [-0.4, -0.2) is 28.4 Å². The minimum Gasteiger partial charge on any atom is -0.482 e. The molecule has 0 saturated heterocycles. The number of hydrogen-bond donors (Lipinski definition) is 1. The summed E-state index contributed by atoms with van der Waals surface area (Å²) in [6.07, 6.45) is -3.51. The lowest BCUT2D eigenvalue weighted by Gasteiger charge is -2.14. The smallest absolute Gasteiger partial charge is 0.422 e. The van der Waals surface area contributed by atoms with Crippen molar-refractivity contribution < 1.29 is 32.2 Å². The molecule has 0 unspecified atom stereocenters. The number of rotatable bonds is 4. The van der Waals surface area contributed by atoms with Crippen LogP contribution in [0.3, 0.4) is 0 Å². The number of carboxylic acids is 1. The maximum absolute atomic E-state index is 13.2. The highest BCUT2D eigenvalue weighted by molar-refractivity contribution is 5.87. The Bertz CT molecular complexity index is 798. The zero-order valence-corrected chi connectivity index (χ0v) is 11.3. The van der Waals surface area contributed by atoms with Gasteiger partial charge in [-0.05, 0) is 24.3 Å². The van der Waals surface area contributed by atoms with Gasteiger partial charge in [-0.2, -0.15) is 13.2 Å². The second-order valence-electron chi connectivity index (χ2n) is 4.42. The SMILES string of the molecule is O=C(O)c1cccn(-c2ccc(F)cc2OCC(F)(F)F)c1=O. The Labute approximate surface area is 126 Å². The molecule has 5 nitrogen and oxygen atoms in total. The number of carboxylic acid groups (broad SMARTS) is 1. The summed E-state index contributed by atoms with van der Waals surface area (Å²) in [5.41, 5.74) is -1.77. The van der Waals surface area contributed by atoms with Gasteiger partial charge in [0.05, 0.1) is 5.69 Å². The van der Waals surface area contributed by atoms with E-state index in [1.54, 1.807) is 0 Å². The fourth-order valence-electron chi connectivity index (χ4n) is 1.81. The third-order valence-electron chi connectivity index (χ3n) is 2.75. The normalized spacial score (nSPS) is 11.3. The number of pyridine rings is 1. The molecule has 1 heterocycles. The molecule has 0 amide bonds. The fourth-order valence-corrected chi connectivity index (χ4v) is 1.81. The van der Waals surface area contributed by atoms with Crippen molar-refractivity contribution in [3.8, 4) is 11.4 Å². The van der Waals surface area contributed by atoms with Crippen LogP contribution in [0.15, 0.2) is 41.3 Å². The summed E-state index contributed by atoms with van der Waals surface area (Å²) in [6, 6.07) is 4.88. The van der Waals surface area contributed by atoms with E-state index in [-0.39, 0.29) is 5.69 Å². The summed E-state index contributed by atoms with van der Waals surface area (Å²) in [6.45, 7) is -1.68. The lowest BCUT2D eigenvalue weighted by atomic mass is 10.2. The number of benzene rings is 1. The summed E-state index contributed by atoms with van der Waals surface area (Å²) in [5, 5.41) is 8.91. The Kier molecular flexibility index (Phi) is 4.39. The van der Waals surface area contributed by atoms with Crippen LogP contribution >= 0.6 is 0 Å². The average molecular weight is 331 g/mol. The van der Waals surface area contributed by atoms with Crippen LogP contribution in [0, 0.1) is 5.82 Å². The molecule has 0 spiro atoms. The largest absolute Gasteiger partial charge is 0.482 e. The van der Waals surface area contributed by atoms with Gasteiger partial charge in [0.2, 0.25) is 0 Å². The Balaban J connectivity index is 2.54. The number of alkyl halides is 3. The van der Waals surface area contributed by atoms with Crippen LogP contribution in [0.5, 0.6) is 5.75 Å². The maximum Gasteiger partial charge on any atom is 0.422 e. The number of aromatic nitrogens is 1. The number of halogens is 4. The minimum absolute atomic E-state index is 0.205. The maximum atomic E-state index is 13.2. The van der Waals surface area contributed by atoms with E-state index in [4.69, 9.17) is 5.11 Å². The molecule has 2 aromatic rings. The first-order valence-corrected chi connectivity index (χ1v) is 6.13. The molecular weight excluding hydrogens is 322 g/mol. The van der Waals surface area contributed by atoms with Crippen molar-refractivity contribution in [2.45, 2.75) is 6.18 Å². The molecule has 0 radical (unpaired) electrons. The van der Waals surface area contributed by atoms with E-state index in [0.717, 1.165) is 29.0 Å². The highest BCUT2D eigenvalue weighted by Gasteiger charge is 2.29. The molecule has 0 bridgehead atoms. The Morgan fingerprint density at radius 3 is 2.57 bits per heavy atom. The monoisotopic (exact) mass is 331 g/mol.